The van der Waals surface area contributed by atoms with Crippen LogP contribution < -0.4 is 5.73 Å². The van der Waals surface area contributed by atoms with Crippen molar-refractivity contribution in [3.05, 3.63) is 23.8 Å². The third-order valence-corrected chi connectivity index (χ3v) is 4.08. The molecule has 1 aromatic carbocycles. The Hall–Kier alpha value is -1.55. The maximum atomic E-state index is 6.07. The van der Waals surface area contributed by atoms with Crippen LogP contribution in [0.15, 0.2) is 18.2 Å². The standard InChI is InChI=1S/C15H22N4/c1-3-18(12-7-8-12)9-10-19-14-11(2)5-4-6-13(14)17-15(19)16/h4-6,12H,3,7-10H2,1-2H3,(H2,16,17). The summed E-state index contributed by atoms with van der Waals surface area (Å²) in [5.74, 6) is 0.635. The van der Waals surface area contributed by atoms with Gasteiger partial charge in [0.1, 0.15) is 0 Å². The van der Waals surface area contributed by atoms with Crippen molar-refractivity contribution in [1.29, 1.82) is 0 Å². The zero-order valence-corrected chi connectivity index (χ0v) is 11.8. The van der Waals surface area contributed by atoms with Crippen molar-refractivity contribution in [2.75, 3.05) is 18.8 Å². The summed E-state index contributed by atoms with van der Waals surface area (Å²) in [6, 6.07) is 7.01. The number of fused-ring (bicyclic) bond motifs is 1. The molecule has 0 unspecified atom stereocenters. The van der Waals surface area contributed by atoms with Gasteiger partial charge in [0.25, 0.3) is 0 Å². The average molecular weight is 258 g/mol. The highest BCUT2D eigenvalue weighted by atomic mass is 15.2. The Balaban J connectivity index is 1.85. The van der Waals surface area contributed by atoms with Gasteiger partial charge in [0.15, 0.2) is 0 Å². The van der Waals surface area contributed by atoms with Crippen LogP contribution in [0.4, 0.5) is 5.95 Å². The van der Waals surface area contributed by atoms with Crippen LogP contribution in [-0.2, 0) is 6.54 Å². The molecule has 4 heteroatoms. The number of hydrogen-bond acceptors (Lipinski definition) is 3. The van der Waals surface area contributed by atoms with Crippen molar-refractivity contribution in [1.82, 2.24) is 14.5 Å². The molecule has 19 heavy (non-hydrogen) atoms. The second-order valence-electron chi connectivity index (χ2n) is 5.42. The van der Waals surface area contributed by atoms with E-state index in [1.54, 1.807) is 0 Å². The molecule has 2 aromatic rings. The molecule has 0 radical (unpaired) electrons. The number of likely N-dealkylation sites (N-methyl/N-ethyl adjacent to an activating group) is 1. The minimum Gasteiger partial charge on any atom is -0.369 e. The van der Waals surface area contributed by atoms with Crippen molar-refractivity contribution in [2.24, 2.45) is 0 Å². The van der Waals surface area contributed by atoms with Crippen LogP contribution in [0.25, 0.3) is 11.0 Å². The Bertz CT molecular complexity index is 583. The molecule has 3 rings (SSSR count). The number of benzene rings is 1. The number of aromatic nitrogens is 2. The predicted molar refractivity (Wildman–Crippen MR) is 79.2 cm³/mol. The van der Waals surface area contributed by atoms with Crippen LogP contribution in [0, 0.1) is 6.92 Å². The maximum Gasteiger partial charge on any atom is 0.201 e. The molecule has 0 amide bonds. The molecule has 0 spiro atoms. The molecule has 102 valence electrons. The lowest BCUT2D eigenvalue weighted by Gasteiger charge is -2.20. The van der Waals surface area contributed by atoms with Gasteiger partial charge in [0, 0.05) is 19.1 Å². The first-order valence-corrected chi connectivity index (χ1v) is 7.16. The van der Waals surface area contributed by atoms with Crippen molar-refractivity contribution in [2.45, 2.75) is 39.3 Å². The van der Waals surface area contributed by atoms with Gasteiger partial charge in [-0.25, -0.2) is 4.98 Å². The van der Waals surface area contributed by atoms with E-state index in [-0.39, 0.29) is 0 Å². The third kappa shape index (κ3) is 2.32. The molecule has 0 saturated heterocycles. The highest BCUT2D eigenvalue weighted by Gasteiger charge is 2.27. The lowest BCUT2D eigenvalue weighted by Crippen LogP contribution is -2.29. The third-order valence-electron chi connectivity index (χ3n) is 4.08. The topological polar surface area (TPSA) is 47.1 Å². The Kier molecular flexibility index (Phi) is 3.19. The highest BCUT2D eigenvalue weighted by molar-refractivity contribution is 5.81. The summed E-state index contributed by atoms with van der Waals surface area (Å²) in [6.45, 7) is 7.47. The van der Waals surface area contributed by atoms with Crippen LogP contribution in [-0.4, -0.2) is 33.6 Å². The van der Waals surface area contributed by atoms with E-state index in [2.05, 4.69) is 34.4 Å². The molecule has 0 atom stereocenters. The molecule has 1 aliphatic carbocycles. The molecular weight excluding hydrogens is 236 g/mol. The lowest BCUT2D eigenvalue weighted by atomic mass is 10.2. The summed E-state index contributed by atoms with van der Waals surface area (Å²) in [5.41, 5.74) is 9.51. The number of imidazole rings is 1. The van der Waals surface area contributed by atoms with Gasteiger partial charge in [-0.1, -0.05) is 19.1 Å². The fourth-order valence-electron chi connectivity index (χ4n) is 2.88. The Morgan fingerprint density at radius 2 is 2.21 bits per heavy atom. The van der Waals surface area contributed by atoms with Gasteiger partial charge in [0.2, 0.25) is 5.95 Å². The normalized spacial score (nSPS) is 15.5. The highest BCUT2D eigenvalue weighted by Crippen LogP contribution is 2.27. The number of nitrogens with two attached hydrogens (primary N) is 1. The molecule has 0 aliphatic heterocycles. The monoisotopic (exact) mass is 258 g/mol. The van der Waals surface area contributed by atoms with E-state index in [0.717, 1.165) is 31.2 Å². The lowest BCUT2D eigenvalue weighted by molar-refractivity contribution is 0.268. The van der Waals surface area contributed by atoms with Gasteiger partial charge in [-0.2, -0.15) is 0 Å². The molecule has 1 aliphatic rings. The second-order valence-corrected chi connectivity index (χ2v) is 5.42. The minimum absolute atomic E-state index is 0.635. The van der Waals surface area contributed by atoms with E-state index in [1.165, 1.54) is 23.9 Å². The van der Waals surface area contributed by atoms with Crippen LogP contribution in [0.5, 0.6) is 0 Å². The fraction of sp³-hybridized carbons (Fsp3) is 0.533. The SMILES string of the molecule is CCN(CCn1c(N)nc2cccc(C)c21)C1CC1. The van der Waals surface area contributed by atoms with Crippen LogP contribution >= 0.6 is 0 Å². The van der Waals surface area contributed by atoms with Gasteiger partial charge in [-0.15, -0.1) is 0 Å². The quantitative estimate of drug-likeness (QED) is 0.896. The number of anilines is 1. The summed E-state index contributed by atoms with van der Waals surface area (Å²) < 4.78 is 2.16. The number of hydrogen-bond donors (Lipinski definition) is 1. The van der Waals surface area contributed by atoms with Gasteiger partial charge in [-0.05, 0) is 37.9 Å². The first-order chi connectivity index (χ1) is 9.20. The minimum atomic E-state index is 0.635. The molecule has 4 nitrogen and oxygen atoms in total. The fourth-order valence-corrected chi connectivity index (χ4v) is 2.88. The Morgan fingerprint density at radius 1 is 1.42 bits per heavy atom. The summed E-state index contributed by atoms with van der Waals surface area (Å²) in [5, 5.41) is 0. The zero-order valence-electron chi connectivity index (χ0n) is 11.8. The molecule has 1 aromatic heterocycles. The van der Waals surface area contributed by atoms with Crippen molar-refractivity contribution in [3.8, 4) is 0 Å². The van der Waals surface area contributed by atoms with Crippen molar-refractivity contribution < 1.29 is 0 Å². The largest absolute Gasteiger partial charge is 0.369 e. The summed E-state index contributed by atoms with van der Waals surface area (Å²) in [6.07, 6.45) is 2.71. The molecular formula is C15H22N4. The number of nitrogen functional groups attached to an aromatic ring is 1. The summed E-state index contributed by atoms with van der Waals surface area (Å²) >= 11 is 0. The zero-order chi connectivity index (χ0) is 13.4. The maximum absolute atomic E-state index is 6.07. The van der Waals surface area contributed by atoms with Gasteiger partial charge < -0.3 is 10.3 Å². The Morgan fingerprint density at radius 3 is 2.89 bits per heavy atom. The summed E-state index contributed by atoms with van der Waals surface area (Å²) in [7, 11) is 0. The molecule has 1 fully saturated rings. The number of para-hydroxylation sites is 1. The summed E-state index contributed by atoms with van der Waals surface area (Å²) in [4.78, 5) is 7.01. The van der Waals surface area contributed by atoms with Gasteiger partial charge in [-0.3, -0.25) is 4.90 Å². The average Bonchev–Trinajstić information content (AvgIpc) is 3.16. The smallest absolute Gasteiger partial charge is 0.201 e. The van der Waals surface area contributed by atoms with Crippen LogP contribution in [0.1, 0.15) is 25.3 Å². The first kappa shape index (κ1) is 12.5. The number of nitrogens with zero attached hydrogens (tertiary/aromatic N) is 3. The second kappa shape index (κ2) is 4.85. The van der Waals surface area contributed by atoms with Crippen LogP contribution in [0.2, 0.25) is 0 Å². The van der Waals surface area contributed by atoms with Gasteiger partial charge in [0.05, 0.1) is 11.0 Å². The van der Waals surface area contributed by atoms with E-state index < -0.39 is 0 Å². The predicted octanol–water partition coefficient (Wildman–Crippen LogP) is 2.41. The molecule has 0 bridgehead atoms. The van der Waals surface area contributed by atoms with E-state index in [4.69, 9.17) is 5.73 Å². The number of rotatable bonds is 5. The number of aryl methyl sites for hydroxylation is 1. The van der Waals surface area contributed by atoms with Crippen LogP contribution in [0.3, 0.4) is 0 Å². The first-order valence-electron chi connectivity index (χ1n) is 7.16. The van der Waals surface area contributed by atoms with Gasteiger partial charge >= 0.3 is 0 Å². The van der Waals surface area contributed by atoms with Crippen molar-refractivity contribution >= 4 is 17.0 Å². The molecule has 2 N–H and O–H groups in total. The molecule has 1 saturated carbocycles. The Labute approximate surface area is 114 Å². The van der Waals surface area contributed by atoms with Crippen molar-refractivity contribution in [3.63, 3.8) is 0 Å². The van der Waals surface area contributed by atoms with E-state index in [1.807, 2.05) is 12.1 Å². The molecule has 1 heterocycles. The van der Waals surface area contributed by atoms with E-state index in [0.29, 0.717) is 5.95 Å². The van der Waals surface area contributed by atoms with E-state index in [9.17, 15) is 0 Å². The van der Waals surface area contributed by atoms with E-state index >= 15 is 0 Å².